The number of hydrogen-bond acceptors (Lipinski definition) is 4. The van der Waals surface area contributed by atoms with E-state index in [0.29, 0.717) is 18.1 Å². The van der Waals surface area contributed by atoms with Crippen LogP contribution in [0.5, 0.6) is 0 Å². The number of nitrogens with one attached hydrogen (secondary N) is 2. The first-order valence-corrected chi connectivity index (χ1v) is 10.9. The fourth-order valence-electron chi connectivity index (χ4n) is 4.06. The van der Waals surface area contributed by atoms with E-state index >= 15 is 0 Å². The number of halogens is 1. The Balaban J connectivity index is 1.25. The van der Waals surface area contributed by atoms with Gasteiger partial charge in [0.25, 0.3) is 0 Å². The van der Waals surface area contributed by atoms with Gasteiger partial charge in [0.2, 0.25) is 5.91 Å². The van der Waals surface area contributed by atoms with Crippen molar-refractivity contribution in [3.05, 3.63) is 71.4 Å². The van der Waals surface area contributed by atoms with Gasteiger partial charge in [-0.2, -0.15) is 0 Å². The summed E-state index contributed by atoms with van der Waals surface area (Å²) in [5.41, 5.74) is 3.16. The van der Waals surface area contributed by atoms with Gasteiger partial charge in [0.05, 0.1) is 11.4 Å². The van der Waals surface area contributed by atoms with E-state index in [1.54, 1.807) is 6.20 Å². The molecule has 5 nitrogen and oxygen atoms in total. The van der Waals surface area contributed by atoms with E-state index in [0.717, 1.165) is 49.1 Å². The van der Waals surface area contributed by atoms with Crippen molar-refractivity contribution in [1.29, 1.82) is 0 Å². The van der Waals surface area contributed by atoms with Crippen molar-refractivity contribution in [2.45, 2.75) is 19.4 Å². The summed E-state index contributed by atoms with van der Waals surface area (Å²) in [4.78, 5) is 19.4. The summed E-state index contributed by atoms with van der Waals surface area (Å²) in [6.07, 6.45) is 3.79. The lowest BCUT2D eigenvalue weighted by Crippen LogP contribution is -2.43. The van der Waals surface area contributed by atoms with Crippen molar-refractivity contribution in [1.82, 2.24) is 15.2 Å². The zero-order chi connectivity index (χ0) is 20.8. The quantitative estimate of drug-likeness (QED) is 0.556. The van der Waals surface area contributed by atoms with Gasteiger partial charge in [0.1, 0.15) is 0 Å². The molecule has 1 amide bonds. The molecule has 3 aromatic rings. The third kappa shape index (κ3) is 5.29. The van der Waals surface area contributed by atoms with Crippen LogP contribution < -0.4 is 10.6 Å². The van der Waals surface area contributed by atoms with E-state index in [9.17, 15) is 4.79 Å². The van der Waals surface area contributed by atoms with Crippen LogP contribution in [0.3, 0.4) is 0 Å². The maximum absolute atomic E-state index is 12.7. The molecule has 2 N–H and O–H groups in total. The molecule has 30 heavy (non-hydrogen) atoms. The summed E-state index contributed by atoms with van der Waals surface area (Å²) in [6.45, 7) is 4.04. The first-order valence-electron chi connectivity index (χ1n) is 10.5. The fraction of sp³-hybridized carbons (Fsp3) is 0.333. The van der Waals surface area contributed by atoms with Crippen LogP contribution in [0.2, 0.25) is 5.02 Å². The van der Waals surface area contributed by atoms with Gasteiger partial charge in [-0.1, -0.05) is 41.9 Å². The fourth-order valence-corrected chi connectivity index (χ4v) is 4.22. The number of aromatic nitrogens is 1. The minimum absolute atomic E-state index is 0.0614. The summed E-state index contributed by atoms with van der Waals surface area (Å²) in [7, 11) is 0. The van der Waals surface area contributed by atoms with Crippen molar-refractivity contribution in [3.8, 4) is 0 Å². The monoisotopic (exact) mass is 422 g/mol. The molecule has 1 aliphatic rings. The topological polar surface area (TPSA) is 57.3 Å². The Labute approximate surface area is 182 Å². The Morgan fingerprint density at radius 2 is 2.00 bits per heavy atom. The molecule has 0 bridgehead atoms. The van der Waals surface area contributed by atoms with Gasteiger partial charge in [-0.3, -0.25) is 14.7 Å². The molecule has 0 spiro atoms. The van der Waals surface area contributed by atoms with Crippen molar-refractivity contribution in [2.75, 3.05) is 31.5 Å². The third-order valence-electron chi connectivity index (χ3n) is 5.57. The molecular formula is C24H27ClN4O. The highest BCUT2D eigenvalue weighted by atomic mass is 35.5. The zero-order valence-corrected chi connectivity index (χ0v) is 17.7. The van der Waals surface area contributed by atoms with Crippen LogP contribution in [-0.2, 0) is 11.3 Å². The number of amides is 1. The Morgan fingerprint density at radius 3 is 2.87 bits per heavy atom. The SMILES string of the molecule is O=C(NCCNc1ccnc2cc(Cl)ccc12)C1CCCN(Cc2ccccc2)C1. The number of fused-ring (bicyclic) bond motifs is 1. The number of anilines is 1. The summed E-state index contributed by atoms with van der Waals surface area (Å²) in [6, 6.07) is 18.1. The van der Waals surface area contributed by atoms with Gasteiger partial charge in [0, 0.05) is 48.5 Å². The van der Waals surface area contributed by atoms with Crippen LogP contribution in [0.1, 0.15) is 18.4 Å². The predicted molar refractivity (Wildman–Crippen MR) is 123 cm³/mol. The van der Waals surface area contributed by atoms with Crippen LogP contribution in [0, 0.1) is 5.92 Å². The van der Waals surface area contributed by atoms with E-state index < -0.39 is 0 Å². The van der Waals surface area contributed by atoms with Crippen LogP contribution in [0.15, 0.2) is 60.8 Å². The molecule has 0 saturated carbocycles. The Bertz CT molecular complexity index is 995. The number of benzene rings is 2. The largest absolute Gasteiger partial charge is 0.383 e. The molecule has 1 saturated heterocycles. The summed E-state index contributed by atoms with van der Waals surface area (Å²) < 4.78 is 0. The summed E-state index contributed by atoms with van der Waals surface area (Å²) in [5.74, 6) is 0.215. The van der Waals surface area contributed by atoms with Gasteiger partial charge in [-0.15, -0.1) is 0 Å². The van der Waals surface area contributed by atoms with Crippen molar-refractivity contribution < 1.29 is 4.79 Å². The van der Waals surface area contributed by atoms with Gasteiger partial charge in [-0.05, 0) is 49.2 Å². The Kier molecular flexibility index (Phi) is 6.82. The molecule has 0 radical (unpaired) electrons. The lowest BCUT2D eigenvalue weighted by atomic mass is 9.96. The smallest absolute Gasteiger partial charge is 0.224 e. The first kappa shape index (κ1) is 20.6. The van der Waals surface area contributed by atoms with Gasteiger partial charge >= 0.3 is 0 Å². The van der Waals surface area contributed by atoms with Crippen molar-refractivity contribution in [3.63, 3.8) is 0 Å². The third-order valence-corrected chi connectivity index (χ3v) is 5.80. The summed E-state index contributed by atoms with van der Waals surface area (Å²) >= 11 is 6.05. The van der Waals surface area contributed by atoms with Crippen LogP contribution in [0.25, 0.3) is 10.9 Å². The lowest BCUT2D eigenvalue weighted by Gasteiger charge is -2.32. The highest BCUT2D eigenvalue weighted by Crippen LogP contribution is 2.24. The molecule has 6 heteroatoms. The molecule has 1 unspecified atom stereocenters. The second kappa shape index (κ2) is 9.92. The van der Waals surface area contributed by atoms with Crippen LogP contribution >= 0.6 is 11.6 Å². The van der Waals surface area contributed by atoms with Crippen molar-refractivity contribution >= 4 is 34.1 Å². The zero-order valence-electron chi connectivity index (χ0n) is 17.0. The van der Waals surface area contributed by atoms with E-state index in [2.05, 4.69) is 44.8 Å². The van der Waals surface area contributed by atoms with Crippen molar-refractivity contribution in [2.24, 2.45) is 5.92 Å². The number of nitrogens with zero attached hydrogens (tertiary/aromatic N) is 2. The highest BCUT2D eigenvalue weighted by Gasteiger charge is 2.25. The standard InChI is InChI=1S/C24H27ClN4O/c25-20-8-9-21-22(10-11-26-23(21)15-20)27-12-13-28-24(30)19-7-4-14-29(17-19)16-18-5-2-1-3-6-18/h1-3,5-6,8-11,15,19H,4,7,12-14,16-17H2,(H,26,27)(H,28,30). The van der Waals surface area contributed by atoms with E-state index in [1.165, 1.54) is 5.56 Å². The molecule has 2 aromatic carbocycles. The number of rotatable bonds is 7. The molecule has 2 heterocycles. The number of likely N-dealkylation sites (tertiary alicyclic amines) is 1. The molecule has 1 aromatic heterocycles. The number of hydrogen-bond donors (Lipinski definition) is 2. The molecule has 1 atom stereocenters. The minimum atomic E-state index is 0.0614. The molecule has 1 aliphatic heterocycles. The maximum Gasteiger partial charge on any atom is 0.224 e. The Morgan fingerprint density at radius 1 is 1.13 bits per heavy atom. The highest BCUT2D eigenvalue weighted by molar-refractivity contribution is 6.31. The minimum Gasteiger partial charge on any atom is -0.383 e. The predicted octanol–water partition coefficient (Wildman–Crippen LogP) is 4.33. The number of pyridine rings is 1. The number of carbonyl (C=O) groups excluding carboxylic acids is 1. The van der Waals surface area contributed by atoms with E-state index in [-0.39, 0.29) is 11.8 Å². The molecule has 4 rings (SSSR count). The molecular weight excluding hydrogens is 396 g/mol. The Hall–Kier alpha value is -2.63. The maximum atomic E-state index is 12.7. The normalized spacial score (nSPS) is 17.0. The van der Waals surface area contributed by atoms with Gasteiger partial charge in [0.15, 0.2) is 0 Å². The van der Waals surface area contributed by atoms with Crippen LogP contribution in [0.4, 0.5) is 5.69 Å². The first-order chi connectivity index (χ1) is 14.7. The number of piperidine rings is 1. The van der Waals surface area contributed by atoms with E-state index in [1.807, 2.05) is 30.3 Å². The second-order valence-electron chi connectivity index (χ2n) is 7.80. The second-order valence-corrected chi connectivity index (χ2v) is 8.23. The average Bonchev–Trinajstić information content (AvgIpc) is 2.77. The molecule has 0 aliphatic carbocycles. The lowest BCUT2D eigenvalue weighted by molar-refractivity contribution is -0.126. The number of carbonyl (C=O) groups is 1. The average molecular weight is 423 g/mol. The van der Waals surface area contributed by atoms with Gasteiger partial charge in [-0.25, -0.2) is 0 Å². The molecule has 156 valence electrons. The van der Waals surface area contributed by atoms with Crippen LogP contribution in [-0.4, -0.2) is 42.0 Å². The molecule has 1 fully saturated rings. The van der Waals surface area contributed by atoms with E-state index in [4.69, 9.17) is 11.6 Å². The summed E-state index contributed by atoms with van der Waals surface area (Å²) in [5, 5.41) is 8.20. The van der Waals surface area contributed by atoms with Gasteiger partial charge < -0.3 is 10.6 Å².